The van der Waals surface area contributed by atoms with Crippen LogP contribution >= 0.6 is 0 Å². The Morgan fingerprint density at radius 1 is 1.23 bits per heavy atom. The number of nitrogens with one attached hydrogen (secondary N) is 1. The molecule has 160 valence electrons. The van der Waals surface area contributed by atoms with Crippen molar-refractivity contribution in [2.75, 3.05) is 11.6 Å². The van der Waals surface area contributed by atoms with Crippen LogP contribution in [0.3, 0.4) is 0 Å². The number of hydrogen-bond acceptors (Lipinski definition) is 6. The van der Waals surface area contributed by atoms with Gasteiger partial charge in [-0.25, -0.2) is 9.78 Å². The number of carbonyl (C=O) groups excluding carboxylic acids is 1. The number of anilines is 1. The molecule has 0 unspecified atom stereocenters. The van der Waals surface area contributed by atoms with Gasteiger partial charge in [0.1, 0.15) is 6.07 Å². The number of carbonyl (C=O) groups is 2. The minimum atomic E-state index is -5.08. The number of rotatable bonds is 6. The topological polar surface area (TPSA) is 119 Å². The lowest BCUT2D eigenvalue weighted by molar-refractivity contribution is -0.192. The van der Waals surface area contributed by atoms with Crippen molar-refractivity contribution in [2.45, 2.75) is 26.4 Å². The highest BCUT2D eigenvalue weighted by Gasteiger charge is 2.38. The van der Waals surface area contributed by atoms with Crippen LogP contribution < -0.4 is 10.4 Å². The number of benzene rings is 1. The van der Waals surface area contributed by atoms with Crippen molar-refractivity contribution in [3.05, 3.63) is 54.0 Å². The summed E-state index contributed by atoms with van der Waals surface area (Å²) in [4.78, 5) is 29.2. The van der Waals surface area contributed by atoms with Gasteiger partial charge in [0.15, 0.2) is 5.82 Å². The summed E-state index contributed by atoms with van der Waals surface area (Å²) in [6.07, 6.45) is -3.29. The Hall–Kier alpha value is -3.68. The second kappa shape index (κ2) is 11.4. The number of nitriles is 1. The molecule has 0 bridgehead atoms. The number of aromatic nitrogens is 2. The molecule has 0 aliphatic rings. The molecular formula is C19H20F3N5O3. The summed E-state index contributed by atoms with van der Waals surface area (Å²) in [5.41, 5.74) is 3.80. The van der Waals surface area contributed by atoms with Gasteiger partial charge in [-0.15, -0.1) is 0 Å². The third-order valence-electron chi connectivity index (χ3n) is 3.27. The lowest BCUT2D eigenvalue weighted by Gasteiger charge is -2.26. The Balaban J connectivity index is 0.000000553. The summed E-state index contributed by atoms with van der Waals surface area (Å²) in [5.74, 6) is -1.99. The van der Waals surface area contributed by atoms with Crippen LogP contribution in [0.15, 0.2) is 42.6 Å². The van der Waals surface area contributed by atoms with Crippen molar-refractivity contribution < 1.29 is 27.9 Å². The zero-order valence-electron chi connectivity index (χ0n) is 16.2. The van der Waals surface area contributed by atoms with E-state index in [0.29, 0.717) is 18.3 Å². The predicted octanol–water partition coefficient (Wildman–Crippen LogP) is 2.72. The SMILES string of the molecule is CC(C)CN(NC(=O)Cc1ccccc1)c1ccnc(C#N)n1.O=C(O)C(F)(F)F. The first-order valence-electron chi connectivity index (χ1n) is 8.67. The zero-order valence-corrected chi connectivity index (χ0v) is 16.2. The van der Waals surface area contributed by atoms with Crippen LogP contribution in [-0.2, 0) is 16.0 Å². The van der Waals surface area contributed by atoms with Crippen molar-refractivity contribution >= 4 is 17.7 Å². The summed E-state index contributed by atoms with van der Waals surface area (Å²) < 4.78 is 31.7. The first-order valence-corrected chi connectivity index (χ1v) is 8.67. The molecule has 2 rings (SSSR count). The number of hydrogen-bond donors (Lipinski definition) is 2. The van der Waals surface area contributed by atoms with Gasteiger partial charge in [-0.1, -0.05) is 44.2 Å². The van der Waals surface area contributed by atoms with E-state index >= 15 is 0 Å². The van der Waals surface area contributed by atoms with Crippen LogP contribution in [0, 0.1) is 17.2 Å². The van der Waals surface area contributed by atoms with Gasteiger partial charge in [0.2, 0.25) is 11.7 Å². The summed E-state index contributed by atoms with van der Waals surface area (Å²) in [6.45, 7) is 4.67. The molecule has 0 saturated heterocycles. The third kappa shape index (κ3) is 9.01. The van der Waals surface area contributed by atoms with Gasteiger partial charge >= 0.3 is 12.1 Å². The number of hydrazine groups is 1. The fourth-order valence-electron chi connectivity index (χ4n) is 2.09. The fraction of sp³-hybridized carbons (Fsp3) is 0.316. The van der Waals surface area contributed by atoms with Crippen LogP contribution in [0.1, 0.15) is 25.2 Å². The van der Waals surface area contributed by atoms with Crippen molar-refractivity contribution in [1.82, 2.24) is 15.4 Å². The van der Waals surface area contributed by atoms with Gasteiger partial charge in [0.25, 0.3) is 0 Å². The van der Waals surface area contributed by atoms with E-state index < -0.39 is 12.1 Å². The molecule has 11 heteroatoms. The van der Waals surface area contributed by atoms with E-state index in [-0.39, 0.29) is 18.2 Å². The largest absolute Gasteiger partial charge is 0.490 e. The minimum absolute atomic E-state index is 0.0774. The lowest BCUT2D eigenvalue weighted by atomic mass is 10.1. The van der Waals surface area contributed by atoms with Gasteiger partial charge < -0.3 is 5.11 Å². The van der Waals surface area contributed by atoms with Gasteiger partial charge in [0.05, 0.1) is 6.42 Å². The molecule has 2 N–H and O–H groups in total. The number of nitrogens with zero attached hydrogens (tertiary/aromatic N) is 4. The molecular weight excluding hydrogens is 403 g/mol. The van der Waals surface area contributed by atoms with Gasteiger partial charge in [-0.05, 0) is 11.5 Å². The number of carboxylic acid groups (broad SMARTS) is 1. The normalized spacial score (nSPS) is 10.4. The monoisotopic (exact) mass is 423 g/mol. The van der Waals surface area contributed by atoms with E-state index in [0.717, 1.165) is 5.56 Å². The number of carboxylic acids is 1. The van der Waals surface area contributed by atoms with Crippen LogP contribution in [0.4, 0.5) is 19.0 Å². The first-order chi connectivity index (χ1) is 14.0. The maximum Gasteiger partial charge on any atom is 0.490 e. The highest BCUT2D eigenvalue weighted by Crippen LogP contribution is 2.13. The summed E-state index contributed by atoms with van der Waals surface area (Å²) in [6, 6.07) is 13.1. The summed E-state index contributed by atoms with van der Waals surface area (Å²) in [5, 5.41) is 17.7. The molecule has 8 nitrogen and oxygen atoms in total. The molecule has 2 aromatic rings. The zero-order chi connectivity index (χ0) is 22.7. The van der Waals surface area contributed by atoms with Crippen molar-refractivity contribution in [2.24, 2.45) is 5.92 Å². The summed E-state index contributed by atoms with van der Waals surface area (Å²) >= 11 is 0. The maximum absolute atomic E-state index is 12.3. The second-order valence-corrected chi connectivity index (χ2v) is 6.35. The number of amides is 1. The molecule has 1 aromatic heterocycles. The highest BCUT2D eigenvalue weighted by atomic mass is 19.4. The molecule has 0 spiro atoms. The van der Waals surface area contributed by atoms with E-state index in [1.54, 1.807) is 11.1 Å². The van der Waals surface area contributed by atoms with Crippen LogP contribution in [0.25, 0.3) is 0 Å². The predicted molar refractivity (Wildman–Crippen MR) is 101 cm³/mol. The average molecular weight is 423 g/mol. The quantitative estimate of drug-likeness (QED) is 0.686. The standard InChI is InChI=1S/C17H19N5O.C2HF3O2/c1-13(2)12-22(16-8-9-19-15(11-18)20-16)21-17(23)10-14-6-4-3-5-7-14;3-2(4,5)1(6)7/h3-9,13H,10,12H2,1-2H3,(H,21,23);(H,6,7). The highest BCUT2D eigenvalue weighted by molar-refractivity contribution is 5.80. The molecule has 0 fully saturated rings. The van der Waals surface area contributed by atoms with E-state index in [2.05, 4.69) is 15.4 Å². The number of aliphatic carboxylic acids is 1. The second-order valence-electron chi connectivity index (χ2n) is 6.35. The first kappa shape index (κ1) is 24.4. The van der Waals surface area contributed by atoms with E-state index in [9.17, 15) is 18.0 Å². The molecule has 0 saturated carbocycles. The van der Waals surface area contributed by atoms with E-state index in [4.69, 9.17) is 15.2 Å². The van der Waals surface area contributed by atoms with Crippen LogP contribution in [-0.4, -0.2) is 39.7 Å². The lowest BCUT2D eigenvalue weighted by Crippen LogP contribution is -2.45. The van der Waals surface area contributed by atoms with Crippen LogP contribution in [0.5, 0.6) is 0 Å². The van der Waals surface area contributed by atoms with E-state index in [1.807, 2.05) is 50.2 Å². The Morgan fingerprint density at radius 3 is 2.33 bits per heavy atom. The maximum atomic E-state index is 12.3. The summed E-state index contributed by atoms with van der Waals surface area (Å²) in [7, 11) is 0. The van der Waals surface area contributed by atoms with Gasteiger partial charge in [-0.2, -0.15) is 23.4 Å². The smallest absolute Gasteiger partial charge is 0.475 e. The molecule has 0 radical (unpaired) electrons. The number of halogens is 3. The Labute approximate surface area is 171 Å². The average Bonchev–Trinajstić information content (AvgIpc) is 2.67. The number of alkyl halides is 3. The molecule has 1 aromatic carbocycles. The molecule has 0 aliphatic heterocycles. The molecule has 0 atom stereocenters. The third-order valence-corrected chi connectivity index (χ3v) is 3.27. The van der Waals surface area contributed by atoms with Gasteiger partial charge in [-0.3, -0.25) is 15.2 Å². The Morgan fingerprint density at radius 2 is 1.83 bits per heavy atom. The fourth-order valence-corrected chi connectivity index (χ4v) is 2.09. The van der Waals surface area contributed by atoms with Crippen molar-refractivity contribution in [3.8, 4) is 6.07 Å². The Bertz CT molecular complexity index is 883. The molecule has 0 aliphatic carbocycles. The van der Waals surface area contributed by atoms with Crippen molar-refractivity contribution in [3.63, 3.8) is 0 Å². The van der Waals surface area contributed by atoms with Crippen molar-refractivity contribution in [1.29, 1.82) is 5.26 Å². The molecule has 1 heterocycles. The molecule has 1 amide bonds. The van der Waals surface area contributed by atoms with Gasteiger partial charge in [0, 0.05) is 18.8 Å². The van der Waals surface area contributed by atoms with Crippen LogP contribution in [0.2, 0.25) is 0 Å². The van der Waals surface area contributed by atoms with E-state index in [1.165, 1.54) is 6.20 Å². The minimum Gasteiger partial charge on any atom is -0.475 e. The molecule has 30 heavy (non-hydrogen) atoms. The Kier molecular flexibility index (Phi) is 9.22.